The molecule has 1 aromatic heterocycles. The van der Waals surface area contributed by atoms with Gasteiger partial charge in [0.25, 0.3) is 5.56 Å². The summed E-state index contributed by atoms with van der Waals surface area (Å²) in [4.78, 5) is 17.9. The van der Waals surface area contributed by atoms with Crippen molar-refractivity contribution in [3.8, 4) is 5.75 Å². The van der Waals surface area contributed by atoms with Crippen LogP contribution in [0.4, 0.5) is 4.39 Å². The molecule has 0 aliphatic heterocycles. The number of fused-ring (bicyclic) bond motifs is 1. The van der Waals surface area contributed by atoms with E-state index in [0.29, 0.717) is 44.0 Å². The van der Waals surface area contributed by atoms with Gasteiger partial charge in [0.1, 0.15) is 24.0 Å². The van der Waals surface area contributed by atoms with Gasteiger partial charge in [-0.25, -0.2) is 9.37 Å². The maximum atomic E-state index is 13.2. The van der Waals surface area contributed by atoms with Gasteiger partial charge in [0.15, 0.2) is 0 Å². The molecule has 34 heavy (non-hydrogen) atoms. The van der Waals surface area contributed by atoms with Gasteiger partial charge in [-0.1, -0.05) is 46.6 Å². The highest BCUT2D eigenvalue weighted by molar-refractivity contribution is 9.10. The van der Waals surface area contributed by atoms with E-state index in [0.717, 1.165) is 16.5 Å². The first-order valence-electron chi connectivity index (χ1n) is 10.5. The van der Waals surface area contributed by atoms with Crippen molar-refractivity contribution in [3.63, 3.8) is 0 Å². The molecule has 0 aliphatic rings. The molecule has 0 fully saturated rings. The van der Waals surface area contributed by atoms with E-state index in [1.807, 2.05) is 19.1 Å². The molecule has 0 unspecified atom stereocenters. The van der Waals surface area contributed by atoms with E-state index in [1.165, 1.54) is 23.0 Å². The molecule has 4 aromatic rings. The fourth-order valence-electron chi connectivity index (χ4n) is 3.38. The van der Waals surface area contributed by atoms with Crippen LogP contribution in [-0.4, -0.2) is 15.9 Å². The lowest BCUT2D eigenvalue weighted by Gasteiger charge is -2.13. The smallest absolute Gasteiger partial charge is 0.282 e. The first-order chi connectivity index (χ1) is 16.4. The molecule has 0 bridgehead atoms. The number of aromatic nitrogens is 2. The van der Waals surface area contributed by atoms with Gasteiger partial charge in [-0.2, -0.15) is 9.78 Å². The van der Waals surface area contributed by atoms with Crippen LogP contribution in [0.15, 0.2) is 73.4 Å². The minimum atomic E-state index is -0.311. The number of halogens is 4. The molecule has 1 heterocycles. The molecular weight excluding hydrogens is 589 g/mol. The Bertz CT molecular complexity index is 1440. The van der Waals surface area contributed by atoms with Crippen LogP contribution >= 0.6 is 43.5 Å². The molecule has 0 N–H and O–H groups in total. The van der Waals surface area contributed by atoms with E-state index in [9.17, 15) is 9.18 Å². The lowest BCUT2D eigenvalue weighted by atomic mass is 10.2. The SMILES string of the molecule is CCCc1nc2ccc(Br)cc2c(=O)n1N=Cc1cc(Cl)cc(Br)c1OCc1ccc(F)cc1. The van der Waals surface area contributed by atoms with Crippen molar-refractivity contribution in [2.24, 2.45) is 5.10 Å². The van der Waals surface area contributed by atoms with E-state index < -0.39 is 0 Å². The molecule has 9 heteroatoms. The zero-order chi connectivity index (χ0) is 24.2. The Balaban J connectivity index is 1.74. The van der Waals surface area contributed by atoms with Gasteiger partial charge in [0.05, 0.1) is 21.6 Å². The van der Waals surface area contributed by atoms with Crippen molar-refractivity contribution in [1.29, 1.82) is 0 Å². The zero-order valence-corrected chi connectivity index (χ0v) is 22.0. The Morgan fingerprint density at radius 2 is 1.91 bits per heavy atom. The summed E-state index contributed by atoms with van der Waals surface area (Å²) in [5, 5.41) is 5.42. The standard InChI is InChI=1S/C25H19Br2ClFN3O2/c1-2-3-23-31-22-9-6-17(26)11-20(22)25(33)32(23)30-13-16-10-18(28)12-21(27)24(16)34-14-15-4-7-19(29)8-5-15/h4-13H,2-3,14H2,1H3. The van der Waals surface area contributed by atoms with Gasteiger partial charge in [0, 0.05) is 21.5 Å². The average Bonchev–Trinajstić information content (AvgIpc) is 2.80. The Hall–Kier alpha value is -2.55. The van der Waals surface area contributed by atoms with Crippen LogP contribution in [0.5, 0.6) is 5.75 Å². The monoisotopic (exact) mass is 605 g/mol. The third-order valence-electron chi connectivity index (χ3n) is 4.99. The number of rotatable bonds is 7. The molecule has 0 radical (unpaired) electrons. The van der Waals surface area contributed by atoms with Crippen molar-refractivity contribution in [2.75, 3.05) is 0 Å². The summed E-state index contributed by atoms with van der Waals surface area (Å²) in [6, 6.07) is 14.9. The van der Waals surface area contributed by atoms with Crippen LogP contribution in [0.25, 0.3) is 10.9 Å². The zero-order valence-electron chi connectivity index (χ0n) is 18.1. The van der Waals surface area contributed by atoms with E-state index in [4.69, 9.17) is 16.3 Å². The van der Waals surface area contributed by atoms with Gasteiger partial charge < -0.3 is 4.74 Å². The minimum absolute atomic E-state index is 0.216. The summed E-state index contributed by atoms with van der Waals surface area (Å²) < 4.78 is 21.9. The number of nitrogens with zero attached hydrogens (tertiary/aromatic N) is 3. The lowest BCUT2D eigenvalue weighted by Crippen LogP contribution is -2.22. The number of hydrogen-bond donors (Lipinski definition) is 0. The molecule has 174 valence electrons. The molecule has 0 saturated heterocycles. The van der Waals surface area contributed by atoms with Crippen LogP contribution in [-0.2, 0) is 13.0 Å². The summed E-state index contributed by atoms with van der Waals surface area (Å²) in [5.74, 6) is 0.751. The molecule has 3 aromatic carbocycles. The van der Waals surface area contributed by atoms with E-state index in [-0.39, 0.29) is 18.0 Å². The van der Waals surface area contributed by atoms with Crippen LogP contribution in [0.1, 0.15) is 30.3 Å². The van der Waals surface area contributed by atoms with Crippen LogP contribution < -0.4 is 10.3 Å². The molecule has 4 rings (SSSR count). The normalized spacial score (nSPS) is 11.4. The topological polar surface area (TPSA) is 56.5 Å². The number of benzene rings is 3. The molecule has 0 saturated carbocycles. The van der Waals surface area contributed by atoms with E-state index >= 15 is 0 Å². The summed E-state index contributed by atoms with van der Waals surface area (Å²) in [7, 11) is 0. The van der Waals surface area contributed by atoms with E-state index in [1.54, 1.807) is 30.3 Å². The Kier molecular flexibility index (Phi) is 7.80. The molecule has 0 aliphatic carbocycles. The van der Waals surface area contributed by atoms with Crippen molar-refractivity contribution in [3.05, 3.63) is 102 Å². The second-order valence-corrected chi connectivity index (χ2v) is 9.73. The van der Waals surface area contributed by atoms with Crippen LogP contribution in [0.3, 0.4) is 0 Å². The Labute approximate surface area is 217 Å². The van der Waals surface area contributed by atoms with Crippen LogP contribution in [0.2, 0.25) is 5.02 Å². The van der Waals surface area contributed by atoms with Gasteiger partial charge in [0.2, 0.25) is 0 Å². The summed E-state index contributed by atoms with van der Waals surface area (Å²) in [6.45, 7) is 2.23. The second-order valence-electron chi connectivity index (χ2n) is 7.52. The summed E-state index contributed by atoms with van der Waals surface area (Å²) in [5.41, 5.74) is 1.74. The average molecular weight is 608 g/mol. The number of aryl methyl sites for hydroxylation is 1. The first-order valence-corrected chi connectivity index (χ1v) is 12.4. The molecule has 0 atom stereocenters. The summed E-state index contributed by atoms with van der Waals surface area (Å²) in [6.07, 6.45) is 2.92. The second kappa shape index (κ2) is 10.8. The Morgan fingerprint density at radius 1 is 1.15 bits per heavy atom. The third kappa shape index (κ3) is 5.56. The highest BCUT2D eigenvalue weighted by Gasteiger charge is 2.13. The third-order valence-corrected chi connectivity index (χ3v) is 6.30. The largest absolute Gasteiger partial charge is 0.487 e. The highest BCUT2D eigenvalue weighted by Crippen LogP contribution is 2.32. The predicted octanol–water partition coefficient (Wildman–Crippen LogP) is 7.13. The molecule has 0 spiro atoms. The van der Waals surface area contributed by atoms with Gasteiger partial charge in [-0.3, -0.25) is 4.79 Å². The van der Waals surface area contributed by atoms with Gasteiger partial charge in [-0.15, -0.1) is 0 Å². The fraction of sp³-hybridized carbons (Fsp3) is 0.160. The van der Waals surface area contributed by atoms with Gasteiger partial charge >= 0.3 is 0 Å². The highest BCUT2D eigenvalue weighted by atomic mass is 79.9. The summed E-state index contributed by atoms with van der Waals surface area (Å²) >= 11 is 13.2. The van der Waals surface area contributed by atoms with Crippen molar-refractivity contribution >= 4 is 60.6 Å². The maximum absolute atomic E-state index is 13.2. The first kappa shape index (κ1) is 24.6. The van der Waals surface area contributed by atoms with Crippen molar-refractivity contribution < 1.29 is 9.13 Å². The quantitative estimate of drug-likeness (QED) is 0.210. The number of ether oxygens (including phenoxy) is 1. The van der Waals surface area contributed by atoms with Gasteiger partial charge in [-0.05, 0) is 70.4 Å². The Morgan fingerprint density at radius 3 is 2.65 bits per heavy atom. The van der Waals surface area contributed by atoms with Crippen molar-refractivity contribution in [1.82, 2.24) is 9.66 Å². The molecular formula is C25H19Br2ClFN3O2. The molecule has 5 nitrogen and oxygen atoms in total. The lowest BCUT2D eigenvalue weighted by molar-refractivity contribution is 0.303. The number of hydrogen-bond acceptors (Lipinski definition) is 4. The maximum Gasteiger partial charge on any atom is 0.282 e. The van der Waals surface area contributed by atoms with Crippen molar-refractivity contribution in [2.45, 2.75) is 26.4 Å². The van der Waals surface area contributed by atoms with E-state index in [2.05, 4.69) is 41.9 Å². The molecule has 0 amide bonds. The van der Waals surface area contributed by atoms with Crippen LogP contribution in [0, 0.1) is 5.82 Å². The predicted molar refractivity (Wildman–Crippen MR) is 141 cm³/mol. The fourth-order valence-corrected chi connectivity index (χ4v) is 4.69. The minimum Gasteiger partial charge on any atom is -0.487 e.